The molecule has 2 N–H and O–H groups in total. The van der Waals surface area contributed by atoms with Crippen molar-refractivity contribution in [2.24, 2.45) is 0 Å². The normalized spacial score (nSPS) is 20.8. The van der Waals surface area contributed by atoms with Gasteiger partial charge in [-0.25, -0.2) is 0 Å². The maximum atomic E-state index is 12.7. The molecule has 4 nitrogen and oxygen atoms in total. The maximum Gasteiger partial charge on any atom is 0.253 e. The monoisotopic (exact) mass is 345 g/mol. The van der Waals surface area contributed by atoms with E-state index >= 15 is 0 Å². The number of rotatable bonds is 3. The van der Waals surface area contributed by atoms with E-state index in [9.17, 15) is 4.79 Å². The summed E-state index contributed by atoms with van der Waals surface area (Å²) in [7, 11) is 0. The summed E-state index contributed by atoms with van der Waals surface area (Å²) in [6.45, 7) is 7.10. The third-order valence-electron chi connectivity index (χ3n) is 4.70. The molecule has 0 spiro atoms. The average Bonchev–Trinajstić information content (AvgIpc) is 2.82. The van der Waals surface area contributed by atoms with Crippen molar-refractivity contribution in [2.45, 2.75) is 45.7 Å². The second-order valence-corrected chi connectivity index (χ2v) is 7.09. The number of hydrogen-bond acceptors (Lipinski definition) is 2. The largest absolute Gasteiger partial charge is 0.349 e. The van der Waals surface area contributed by atoms with Crippen LogP contribution in [0.3, 0.4) is 0 Å². The van der Waals surface area contributed by atoms with Crippen molar-refractivity contribution in [3.63, 3.8) is 0 Å². The van der Waals surface area contributed by atoms with Gasteiger partial charge in [0.15, 0.2) is 0 Å². The number of carbonyl (C=O) groups excluding carboxylic acids is 1. The van der Waals surface area contributed by atoms with Gasteiger partial charge in [0.05, 0.1) is 5.56 Å². The van der Waals surface area contributed by atoms with Gasteiger partial charge in [-0.2, -0.15) is 0 Å². The standard InChI is InChI=1S/C19H24ClN3O/c1-12-9-16(7-8-21-12)22-19(24)18-10-13(2)23(14(18)3)17-6-4-5-15(20)11-17/h4-6,10-12,16,21H,7-9H2,1-3H3,(H,22,24). The van der Waals surface area contributed by atoms with Crippen molar-refractivity contribution < 1.29 is 4.79 Å². The molecular weight excluding hydrogens is 322 g/mol. The number of carbonyl (C=O) groups is 1. The minimum absolute atomic E-state index is 0.00970. The molecule has 128 valence electrons. The number of hydrogen-bond donors (Lipinski definition) is 2. The van der Waals surface area contributed by atoms with Gasteiger partial charge in [-0.15, -0.1) is 0 Å². The molecular formula is C19H24ClN3O. The van der Waals surface area contributed by atoms with Crippen LogP contribution in [0.5, 0.6) is 0 Å². The second kappa shape index (κ2) is 6.99. The molecule has 1 aromatic heterocycles. The van der Waals surface area contributed by atoms with E-state index in [0.717, 1.165) is 42.0 Å². The molecule has 0 radical (unpaired) electrons. The van der Waals surface area contributed by atoms with Gasteiger partial charge in [0.2, 0.25) is 0 Å². The van der Waals surface area contributed by atoms with E-state index in [4.69, 9.17) is 11.6 Å². The van der Waals surface area contributed by atoms with Crippen molar-refractivity contribution in [1.82, 2.24) is 15.2 Å². The molecule has 2 aromatic rings. The van der Waals surface area contributed by atoms with Gasteiger partial charge < -0.3 is 15.2 Å². The number of aromatic nitrogens is 1. The highest BCUT2D eigenvalue weighted by Crippen LogP contribution is 2.23. The van der Waals surface area contributed by atoms with Gasteiger partial charge in [-0.05, 0) is 64.4 Å². The summed E-state index contributed by atoms with van der Waals surface area (Å²) in [5.41, 5.74) is 3.68. The molecule has 2 heterocycles. The van der Waals surface area contributed by atoms with Gasteiger partial charge in [0.1, 0.15) is 0 Å². The van der Waals surface area contributed by atoms with Gasteiger partial charge in [-0.1, -0.05) is 17.7 Å². The summed E-state index contributed by atoms with van der Waals surface area (Å²) >= 11 is 6.11. The first-order valence-electron chi connectivity index (χ1n) is 8.45. The fourth-order valence-corrected chi connectivity index (χ4v) is 3.72. The van der Waals surface area contributed by atoms with Crippen molar-refractivity contribution in [2.75, 3.05) is 6.54 Å². The van der Waals surface area contributed by atoms with Crippen molar-refractivity contribution in [1.29, 1.82) is 0 Å². The lowest BCUT2D eigenvalue weighted by Gasteiger charge is -2.28. The fourth-order valence-electron chi connectivity index (χ4n) is 3.53. The zero-order valence-corrected chi connectivity index (χ0v) is 15.2. The molecule has 2 unspecified atom stereocenters. The topological polar surface area (TPSA) is 46.1 Å². The molecule has 1 fully saturated rings. The lowest BCUT2D eigenvalue weighted by atomic mass is 10.0. The number of nitrogens with zero attached hydrogens (tertiary/aromatic N) is 1. The Bertz CT molecular complexity index is 753. The van der Waals surface area contributed by atoms with E-state index in [1.54, 1.807) is 0 Å². The predicted octanol–water partition coefficient (Wildman–Crippen LogP) is 3.62. The zero-order valence-electron chi connectivity index (χ0n) is 14.4. The summed E-state index contributed by atoms with van der Waals surface area (Å²) in [5, 5.41) is 7.29. The van der Waals surface area contributed by atoms with Crippen LogP contribution in [-0.4, -0.2) is 29.1 Å². The predicted molar refractivity (Wildman–Crippen MR) is 98.2 cm³/mol. The van der Waals surface area contributed by atoms with E-state index < -0.39 is 0 Å². The van der Waals surface area contributed by atoms with Crippen LogP contribution in [0.15, 0.2) is 30.3 Å². The number of benzene rings is 1. The van der Waals surface area contributed by atoms with Crippen LogP contribution in [0.2, 0.25) is 5.02 Å². The number of amides is 1. The molecule has 2 atom stereocenters. The highest BCUT2D eigenvalue weighted by molar-refractivity contribution is 6.30. The van der Waals surface area contributed by atoms with Crippen molar-refractivity contribution in [3.8, 4) is 5.69 Å². The minimum Gasteiger partial charge on any atom is -0.349 e. The minimum atomic E-state index is 0.00970. The first-order chi connectivity index (χ1) is 11.5. The third kappa shape index (κ3) is 3.50. The molecule has 0 aliphatic carbocycles. The first kappa shape index (κ1) is 17.1. The van der Waals surface area contributed by atoms with Crippen LogP contribution < -0.4 is 10.6 Å². The molecule has 1 saturated heterocycles. The fraction of sp³-hybridized carbons (Fsp3) is 0.421. The SMILES string of the molecule is Cc1cc(C(=O)NC2CCNC(C)C2)c(C)n1-c1cccc(Cl)c1. The highest BCUT2D eigenvalue weighted by Gasteiger charge is 2.23. The van der Waals surface area contributed by atoms with Crippen LogP contribution in [0, 0.1) is 13.8 Å². The third-order valence-corrected chi connectivity index (χ3v) is 4.94. The Hall–Kier alpha value is -1.78. The first-order valence-corrected chi connectivity index (χ1v) is 8.82. The Balaban J connectivity index is 1.84. The van der Waals surface area contributed by atoms with Crippen LogP contribution in [0.1, 0.15) is 41.5 Å². The Labute approximate surface area is 148 Å². The summed E-state index contributed by atoms with van der Waals surface area (Å²) in [6, 6.07) is 10.3. The number of piperidine rings is 1. The van der Waals surface area contributed by atoms with E-state index in [1.165, 1.54) is 0 Å². The Kier molecular flexibility index (Phi) is 4.97. The molecule has 1 amide bonds. The highest BCUT2D eigenvalue weighted by atomic mass is 35.5. The van der Waals surface area contributed by atoms with Gasteiger partial charge in [0.25, 0.3) is 5.91 Å². The second-order valence-electron chi connectivity index (χ2n) is 6.65. The quantitative estimate of drug-likeness (QED) is 0.892. The van der Waals surface area contributed by atoms with E-state index in [-0.39, 0.29) is 11.9 Å². The summed E-state index contributed by atoms with van der Waals surface area (Å²) in [6.07, 6.45) is 1.95. The lowest BCUT2D eigenvalue weighted by molar-refractivity contribution is 0.0925. The Morgan fingerprint density at radius 3 is 2.83 bits per heavy atom. The molecule has 0 bridgehead atoms. The number of nitrogens with one attached hydrogen (secondary N) is 2. The smallest absolute Gasteiger partial charge is 0.253 e. The summed E-state index contributed by atoms with van der Waals surface area (Å²) in [4.78, 5) is 12.7. The van der Waals surface area contributed by atoms with Crippen LogP contribution in [-0.2, 0) is 0 Å². The van der Waals surface area contributed by atoms with E-state index in [2.05, 4.69) is 22.1 Å². The summed E-state index contributed by atoms with van der Waals surface area (Å²) in [5.74, 6) is 0.00970. The molecule has 0 saturated carbocycles. The van der Waals surface area contributed by atoms with Gasteiger partial charge >= 0.3 is 0 Å². The van der Waals surface area contributed by atoms with Crippen LogP contribution in [0.4, 0.5) is 0 Å². The molecule has 3 rings (SSSR count). The average molecular weight is 346 g/mol. The van der Waals surface area contributed by atoms with Crippen molar-refractivity contribution in [3.05, 3.63) is 52.3 Å². The van der Waals surface area contributed by atoms with E-state index in [0.29, 0.717) is 11.1 Å². The Morgan fingerprint density at radius 1 is 1.33 bits per heavy atom. The number of aryl methyl sites for hydroxylation is 1. The molecule has 1 aliphatic rings. The molecule has 1 aromatic carbocycles. The van der Waals surface area contributed by atoms with E-state index in [1.807, 2.05) is 44.2 Å². The van der Waals surface area contributed by atoms with Crippen LogP contribution in [0.25, 0.3) is 5.69 Å². The zero-order chi connectivity index (χ0) is 17.3. The molecule has 1 aliphatic heterocycles. The molecule has 24 heavy (non-hydrogen) atoms. The summed E-state index contributed by atoms with van der Waals surface area (Å²) < 4.78 is 2.08. The van der Waals surface area contributed by atoms with Crippen molar-refractivity contribution >= 4 is 17.5 Å². The van der Waals surface area contributed by atoms with Gasteiger partial charge in [-0.3, -0.25) is 4.79 Å². The Morgan fingerprint density at radius 2 is 2.12 bits per heavy atom. The van der Waals surface area contributed by atoms with Gasteiger partial charge in [0, 0.05) is 34.2 Å². The van der Waals surface area contributed by atoms with Crippen LogP contribution >= 0.6 is 11.6 Å². The molecule has 5 heteroatoms. The lowest BCUT2D eigenvalue weighted by Crippen LogP contribution is -2.46. The number of halogens is 1. The maximum absolute atomic E-state index is 12.7.